The van der Waals surface area contributed by atoms with Gasteiger partial charge in [0, 0.05) is 25.4 Å². The maximum atomic E-state index is 11.7. The molecular weight excluding hydrogens is 242 g/mol. The van der Waals surface area contributed by atoms with Crippen LogP contribution in [-0.4, -0.2) is 24.4 Å². The van der Waals surface area contributed by atoms with E-state index in [1.165, 1.54) is 0 Å². The van der Waals surface area contributed by atoms with Crippen molar-refractivity contribution in [2.75, 3.05) is 6.54 Å². The van der Waals surface area contributed by atoms with Crippen molar-refractivity contribution in [2.45, 2.75) is 31.3 Å². The second-order valence-corrected chi connectivity index (χ2v) is 4.83. The Kier molecular flexibility index (Phi) is 4.52. The molecule has 2 unspecified atom stereocenters. The summed E-state index contributed by atoms with van der Waals surface area (Å²) < 4.78 is 0. The van der Waals surface area contributed by atoms with Crippen molar-refractivity contribution in [3.8, 4) is 0 Å². The lowest BCUT2D eigenvalue weighted by Crippen LogP contribution is -2.36. The summed E-state index contributed by atoms with van der Waals surface area (Å²) in [5.74, 6) is -0.0563. The quantitative estimate of drug-likeness (QED) is 0.720. The lowest BCUT2D eigenvalue weighted by Gasteiger charge is -2.13. The van der Waals surface area contributed by atoms with Gasteiger partial charge in [-0.1, -0.05) is 30.3 Å². The molecule has 0 radical (unpaired) electrons. The van der Waals surface area contributed by atoms with Crippen molar-refractivity contribution >= 4 is 11.8 Å². The van der Waals surface area contributed by atoms with E-state index in [9.17, 15) is 9.59 Å². The highest BCUT2D eigenvalue weighted by Crippen LogP contribution is 2.15. The third-order valence-corrected chi connectivity index (χ3v) is 3.25. The molecule has 19 heavy (non-hydrogen) atoms. The van der Waals surface area contributed by atoms with Gasteiger partial charge >= 0.3 is 0 Å². The molecule has 0 spiro atoms. The van der Waals surface area contributed by atoms with E-state index in [0.717, 1.165) is 5.56 Å². The first-order chi connectivity index (χ1) is 9.15. The van der Waals surface area contributed by atoms with Crippen LogP contribution < -0.4 is 16.4 Å². The maximum Gasteiger partial charge on any atom is 0.222 e. The monoisotopic (exact) mass is 261 g/mol. The highest BCUT2D eigenvalue weighted by atomic mass is 16.2. The number of hydrogen-bond acceptors (Lipinski definition) is 3. The number of amides is 2. The molecule has 2 amide bonds. The van der Waals surface area contributed by atoms with E-state index < -0.39 is 0 Å². The lowest BCUT2D eigenvalue weighted by molar-refractivity contribution is -0.122. The van der Waals surface area contributed by atoms with Crippen LogP contribution in [0.4, 0.5) is 0 Å². The SMILES string of the molecule is NC(CCC(=O)NC1CNC(=O)C1)c1ccccc1. The minimum atomic E-state index is -0.129. The molecule has 1 aromatic rings. The van der Waals surface area contributed by atoms with E-state index in [2.05, 4.69) is 10.6 Å². The Morgan fingerprint density at radius 1 is 1.42 bits per heavy atom. The van der Waals surface area contributed by atoms with Crippen LogP contribution in [0.15, 0.2) is 30.3 Å². The topological polar surface area (TPSA) is 84.2 Å². The normalized spacial score (nSPS) is 19.8. The molecular formula is C14H19N3O2. The molecule has 5 heteroatoms. The van der Waals surface area contributed by atoms with Crippen LogP contribution in [0.5, 0.6) is 0 Å². The predicted molar refractivity (Wildman–Crippen MR) is 72.2 cm³/mol. The van der Waals surface area contributed by atoms with E-state index in [0.29, 0.717) is 25.8 Å². The number of carbonyl (C=O) groups excluding carboxylic acids is 2. The fourth-order valence-electron chi connectivity index (χ4n) is 2.16. The zero-order valence-corrected chi connectivity index (χ0v) is 10.8. The van der Waals surface area contributed by atoms with Crippen LogP contribution in [0.25, 0.3) is 0 Å². The van der Waals surface area contributed by atoms with Crippen molar-refractivity contribution in [3.05, 3.63) is 35.9 Å². The third-order valence-electron chi connectivity index (χ3n) is 3.25. The van der Waals surface area contributed by atoms with Gasteiger partial charge in [0.25, 0.3) is 0 Å². The number of nitrogens with two attached hydrogens (primary N) is 1. The molecule has 1 saturated heterocycles. The predicted octanol–water partition coefficient (Wildman–Crippen LogP) is 0.471. The first-order valence-electron chi connectivity index (χ1n) is 6.52. The van der Waals surface area contributed by atoms with Gasteiger partial charge in [-0.2, -0.15) is 0 Å². The minimum Gasteiger partial charge on any atom is -0.354 e. The minimum absolute atomic E-state index is 0.00807. The molecule has 1 aliphatic heterocycles. The van der Waals surface area contributed by atoms with Gasteiger partial charge in [0.1, 0.15) is 0 Å². The summed E-state index contributed by atoms with van der Waals surface area (Å²) in [7, 11) is 0. The van der Waals surface area contributed by atoms with Crippen molar-refractivity contribution in [3.63, 3.8) is 0 Å². The lowest BCUT2D eigenvalue weighted by atomic mass is 10.0. The summed E-state index contributed by atoms with van der Waals surface area (Å²) in [5, 5.41) is 5.53. The Morgan fingerprint density at radius 3 is 2.79 bits per heavy atom. The second kappa shape index (κ2) is 6.33. The molecule has 1 aromatic carbocycles. The van der Waals surface area contributed by atoms with Crippen molar-refractivity contribution in [1.82, 2.24) is 10.6 Å². The summed E-state index contributed by atoms with van der Waals surface area (Å²) in [6, 6.07) is 9.52. The van der Waals surface area contributed by atoms with E-state index in [1.807, 2.05) is 30.3 Å². The van der Waals surface area contributed by atoms with E-state index in [-0.39, 0.29) is 23.9 Å². The summed E-state index contributed by atoms with van der Waals surface area (Å²) >= 11 is 0. The average Bonchev–Trinajstić information content (AvgIpc) is 2.82. The molecule has 1 aliphatic rings. The summed E-state index contributed by atoms with van der Waals surface area (Å²) in [5.41, 5.74) is 7.06. The van der Waals surface area contributed by atoms with Gasteiger partial charge in [-0.05, 0) is 12.0 Å². The zero-order valence-electron chi connectivity index (χ0n) is 10.8. The van der Waals surface area contributed by atoms with Gasteiger partial charge in [0.2, 0.25) is 11.8 Å². The Morgan fingerprint density at radius 2 is 2.16 bits per heavy atom. The Hall–Kier alpha value is -1.88. The summed E-state index contributed by atoms with van der Waals surface area (Å²) in [4.78, 5) is 22.7. The van der Waals surface area contributed by atoms with E-state index >= 15 is 0 Å². The molecule has 0 aliphatic carbocycles. The van der Waals surface area contributed by atoms with Gasteiger partial charge in [0.05, 0.1) is 6.04 Å². The highest BCUT2D eigenvalue weighted by molar-refractivity contribution is 5.82. The van der Waals surface area contributed by atoms with Crippen LogP contribution in [0.2, 0.25) is 0 Å². The third kappa shape index (κ3) is 4.06. The number of benzene rings is 1. The number of carbonyl (C=O) groups is 2. The van der Waals surface area contributed by atoms with Crippen LogP contribution in [0, 0.1) is 0 Å². The van der Waals surface area contributed by atoms with Crippen LogP contribution >= 0.6 is 0 Å². The van der Waals surface area contributed by atoms with Crippen molar-refractivity contribution < 1.29 is 9.59 Å². The Balaban J connectivity index is 1.73. The van der Waals surface area contributed by atoms with Gasteiger partial charge in [-0.3, -0.25) is 9.59 Å². The van der Waals surface area contributed by atoms with Gasteiger partial charge in [-0.25, -0.2) is 0 Å². The number of nitrogens with one attached hydrogen (secondary N) is 2. The molecule has 0 saturated carbocycles. The fraction of sp³-hybridized carbons (Fsp3) is 0.429. The smallest absolute Gasteiger partial charge is 0.222 e. The Bertz CT molecular complexity index is 447. The van der Waals surface area contributed by atoms with Gasteiger partial charge in [0.15, 0.2) is 0 Å². The number of hydrogen-bond donors (Lipinski definition) is 3. The zero-order chi connectivity index (χ0) is 13.7. The Labute approximate surface area is 112 Å². The van der Waals surface area contributed by atoms with E-state index in [1.54, 1.807) is 0 Å². The van der Waals surface area contributed by atoms with Crippen LogP contribution in [-0.2, 0) is 9.59 Å². The molecule has 0 bridgehead atoms. The molecule has 1 fully saturated rings. The van der Waals surface area contributed by atoms with Crippen molar-refractivity contribution in [1.29, 1.82) is 0 Å². The maximum absolute atomic E-state index is 11.7. The van der Waals surface area contributed by atoms with Gasteiger partial charge in [-0.15, -0.1) is 0 Å². The van der Waals surface area contributed by atoms with Crippen LogP contribution in [0.1, 0.15) is 30.9 Å². The molecule has 5 nitrogen and oxygen atoms in total. The molecule has 2 atom stereocenters. The summed E-state index contributed by atoms with van der Waals surface area (Å²) in [6.45, 7) is 0.523. The van der Waals surface area contributed by atoms with Gasteiger partial charge < -0.3 is 16.4 Å². The second-order valence-electron chi connectivity index (χ2n) is 4.83. The highest BCUT2D eigenvalue weighted by Gasteiger charge is 2.22. The first kappa shape index (κ1) is 13.5. The molecule has 102 valence electrons. The first-order valence-corrected chi connectivity index (χ1v) is 6.52. The molecule has 2 rings (SSSR count). The molecule has 4 N–H and O–H groups in total. The standard InChI is InChI=1S/C14H19N3O2/c15-12(10-4-2-1-3-5-10)6-7-13(18)17-11-8-14(19)16-9-11/h1-5,11-12H,6-9,15H2,(H,16,19)(H,17,18). The van der Waals surface area contributed by atoms with E-state index in [4.69, 9.17) is 5.73 Å². The molecule has 1 heterocycles. The average molecular weight is 261 g/mol. The molecule has 0 aromatic heterocycles. The van der Waals surface area contributed by atoms with Crippen molar-refractivity contribution in [2.24, 2.45) is 5.73 Å². The largest absolute Gasteiger partial charge is 0.354 e. The van der Waals surface area contributed by atoms with Crippen LogP contribution in [0.3, 0.4) is 0 Å². The number of rotatable bonds is 5. The summed E-state index contributed by atoms with van der Waals surface area (Å²) in [6.07, 6.45) is 1.35. The fourth-order valence-corrected chi connectivity index (χ4v) is 2.16.